The number of hydrogen-bond donors (Lipinski definition) is 2. The molecule has 3 N–H and O–H groups in total. The highest BCUT2D eigenvalue weighted by atomic mass is 15.0. The maximum Gasteiger partial charge on any atom is 0.126 e. The van der Waals surface area contributed by atoms with Crippen molar-refractivity contribution >= 4 is 11.5 Å². The van der Waals surface area contributed by atoms with Crippen molar-refractivity contribution in [2.24, 2.45) is 0 Å². The molecule has 4 nitrogen and oxygen atoms in total. The van der Waals surface area contributed by atoms with Crippen LogP contribution < -0.4 is 11.1 Å². The highest BCUT2D eigenvalue weighted by Crippen LogP contribution is 2.17. The van der Waals surface area contributed by atoms with Crippen LogP contribution in [0.1, 0.15) is 24.4 Å². The van der Waals surface area contributed by atoms with E-state index in [4.69, 9.17) is 5.73 Å². The summed E-state index contributed by atoms with van der Waals surface area (Å²) in [6.45, 7) is 3.95. The number of nitrogen functional groups attached to an aromatic ring is 1. The molecule has 2 aromatic heterocycles. The van der Waals surface area contributed by atoms with E-state index in [-0.39, 0.29) is 6.04 Å². The molecule has 2 aromatic rings. The molecule has 4 heteroatoms. The molecule has 0 aliphatic heterocycles. The molecule has 0 saturated heterocycles. The molecule has 88 valence electrons. The van der Waals surface area contributed by atoms with Gasteiger partial charge in [0.1, 0.15) is 5.82 Å². The third kappa shape index (κ3) is 2.72. The molecule has 0 aliphatic carbocycles. The van der Waals surface area contributed by atoms with Gasteiger partial charge in [-0.15, -0.1) is 0 Å². The van der Waals surface area contributed by atoms with E-state index < -0.39 is 0 Å². The van der Waals surface area contributed by atoms with Crippen molar-refractivity contribution in [1.29, 1.82) is 0 Å². The van der Waals surface area contributed by atoms with Crippen molar-refractivity contribution < 1.29 is 0 Å². The molecular formula is C13H16N4. The van der Waals surface area contributed by atoms with Crippen molar-refractivity contribution in [2.45, 2.75) is 19.9 Å². The van der Waals surface area contributed by atoms with Crippen LogP contribution in [0.25, 0.3) is 0 Å². The maximum absolute atomic E-state index is 5.73. The molecule has 0 amide bonds. The van der Waals surface area contributed by atoms with E-state index in [1.807, 2.05) is 37.3 Å². The minimum Gasteiger partial charge on any atom is -0.397 e. The fraction of sp³-hybridized carbons (Fsp3) is 0.231. The fourth-order valence-corrected chi connectivity index (χ4v) is 1.58. The number of aromatic nitrogens is 2. The number of pyridine rings is 2. The van der Waals surface area contributed by atoms with Crippen LogP contribution in [-0.4, -0.2) is 9.97 Å². The standard InChI is InChI=1S/C13H16N4/c1-9-11(14)6-7-13(16-9)17-10(2)12-5-3-4-8-15-12/h3-8,10H,14H2,1-2H3,(H,16,17). The molecule has 0 aromatic carbocycles. The van der Waals surface area contributed by atoms with Crippen molar-refractivity contribution in [3.8, 4) is 0 Å². The largest absolute Gasteiger partial charge is 0.397 e. The monoisotopic (exact) mass is 228 g/mol. The van der Waals surface area contributed by atoms with Gasteiger partial charge in [0.15, 0.2) is 0 Å². The number of rotatable bonds is 3. The molecule has 17 heavy (non-hydrogen) atoms. The van der Waals surface area contributed by atoms with Gasteiger partial charge in [-0.25, -0.2) is 4.98 Å². The van der Waals surface area contributed by atoms with Gasteiger partial charge in [0.05, 0.1) is 23.1 Å². The Hall–Kier alpha value is -2.10. The topological polar surface area (TPSA) is 63.8 Å². The second kappa shape index (κ2) is 4.82. The molecule has 2 rings (SSSR count). The SMILES string of the molecule is Cc1nc(NC(C)c2ccccn2)ccc1N. The molecule has 0 radical (unpaired) electrons. The van der Waals surface area contributed by atoms with Crippen molar-refractivity contribution in [3.05, 3.63) is 47.9 Å². The van der Waals surface area contributed by atoms with E-state index in [2.05, 4.69) is 22.2 Å². The summed E-state index contributed by atoms with van der Waals surface area (Å²) in [5.74, 6) is 0.815. The number of nitrogens with two attached hydrogens (primary N) is 1. The van der Waals surface area contributed by atoms with Crippen molar-refractivity contribution in [1.82, 2.24) is 9.97 Å². The van der Waals surface area contributed by atoms with Crippen LogP contribution in [0.4, 0.5) is 11.5 Å². The summed E-state index contributed by atoms with van der Waals surface area (Å²) in [7, 11) is 0. The summed E-state index contributed by atoms with van der Waals surface area (Å²) in [5, 5.41) is 3.30. The zero-order valence-corrected chi connectivity index (χ0v) is 10.0. The van der Waals surface area contributed by atoms with Crippen LogP contribution in [0.5, 0.6) is 0 Å². The Balaban J connectivity index is 2.13. The molecule has 1 unspecified atom stereocenters. The highest BCUT2D eigenvalue weighted by Gasteiger charge is 2.07. The zero-order chi connectivity index (χ0) is 12.3. The lowest BCUT2D eigenvalue weighted by molar-refractivity contribution is 0.831. The van der Waals surface area contributed by atoms with Crippen LogP contribution in [0.2, 0.25) is 0 Å². The van der Waals surface area contributed by atoms with E-state index >= 15 is 0 Å². The molecule has 0 fully saturated rings. The number of nitrogens with one attached hydrogen (secondary N) is 1. The minimum absolute atomic E-state index is 0.117. The van der Waals surface area contributed by atoms with Gasteiger partial charge in [-0.1, -0.05) is 6.07 Å². The van der Waals surface area contributed by atoms with Gasteiger partial charge >= 0.3 is 0 Å². The second-order valence-corrected chi connectivity index (χ2v) is 3.99. The number of nitrogens with zero attached hydrogens (tertiary/aromatic N) is 2. The number of anilines is 2. The van der Waals surface area contributed by atoms with Gasteiger partial charge in [-0.3, -0.25) is 4.98 Å². The Morgan fingerprint density at radius 1 is 1.24 bits per heavy atom. The summed E-state index contributed by atoms with van der Waals surface area (Å²) in [6.07, 6.45) is 1.79. The summed E-state index contributed by atoms with van der Waals surface area (Å²) in [6, 6.07) is 9.72. The summed E-state index contributed by atoms with van der Waals surface area (Å²) in [5.41, 5.74) is 8.26. The van der Waals surface area contributed by atoms with Gasteiger partial charge in [0, 0.05) is 6.20 Å². The molecule has 0 saturated carbocycles. The Morgan fingerprint density at radius 3 is 2.71 bits per heavy atom. The van der Waals surface area contributed by atoms with Crippen LogP contribution in [0.3, 0.4) is 0 Å². The molecule has 0 aliphatic rings. The minimum atomic E-state index is 0.117. The number of hydrogen-bond acceptors (Lipinski definition) is 4. The Bertz CT molecular complexity index is 496. The van der Waals surface area contributed by atoms with Crippen LogP contribution in [0.15, 0.2) is 36.5 Å². The Kier molecular flexibility index (Phi) is 3.23. The van der Waals surface area contributed by atoms with Gasteiger partial charge in [-0.2, -0.15) is 0 Å². The van der Waals surface area contributed by atoms with E-state index in [9.17, 15) is 0 Å². The van der Waals surface area contributed by atoms with Crippen LogP contribution >= 0.6 is 0 Å². The third-order valence-electron chi connectivity index (χ3n) is 2.62. The molecule has 1 atom stereocenters. The quantitative estimate of drug-likeness (QED) is 0.847. The predicted octanol–water partition coefficient (Wildman–Crippen LogP) is 2.54. The lowest BCUT2D eigenvalue weighted by atomic mass is 10.2. The van der Waals surface area contributed by atoms with E-state index in [1.165, 1.54) is 0 Å². The van der Waals surface area contributed by atoms with Crippen molar-refractivity contribution in [3.63, 3.8) is 0 Å². The normalized spacial score (nSPS) is 12.1. The lowest BCUT2D eigenvalue weighted by Gasteiger charge is -2.14. The van der Waals surface area contributed by atoms with Gasteiger partial charge < -0.3 is 11.1 Å². The Morgan fingerprint density at radius 2 is 2.06 bits per heavy atom. The number of aryl methyl sites for hydroxylation is 1. The molecule has 2 heterocycles. The van der Waals surface area contributed by atoms with Crippen LogP contribution in [0, 0.1) is 6.92 Å². The molecule has 0 bridgehead atoms. The first-order valence-electron chi connectivity index (χ1n) is 5.57. The van der Waals surface area contributed by atoms with E-state index in [1.54, 1.807) is 6.20 Å². The summed E-state index contributed by atoms with van der Waals surface area (Å²) < 4.78 is 0. The molecule has 0 spiro atoms. The first-order valence-corrected chi connectivity index (χ1v) is 5.57. The summed E-state index contributed by atoms with van der Waals surface area (Å²) >= 11 is 0. The average molecular weight is 228 g/mol. The second-order valence-electron chi connectivity index (χ2n) is 3.99. The first-order chi connectivity index (χ1) is 8.16. The first kappa shape index (κ1) is 11.4. The lowest BCUT2D eigenvalue weighted by Crippen LogP contribution is -2.10. The summed E-state index contributed by atoms with van der Waals surface area (Å²) in [4.78, 5) is 8.67. The highest BCUT2D eigenvalue weighted by molar-refractivity contribution is 5.49. The van der Waals surface area contributed by atoms with Crippen molar-refractivity contribution in [2.75, 3.05) is 11.1 Å². The zero-order valence-electron chi connectivity index (χ0n) is 10.0. The third-order valence-corrected chi connectivity index (χ3v) is 2.62. The average Bonchev–Trinajstić information content (AvgIpc) is 2.35. The smallest absolute Gasteiger partial charge is 0.126 e. The Labute approximate surface area is 101 Å². The van der Waals surface area contributed by atoms with Gasteiger partial charge in [0.25, 0.3) is 0 Å². The molecular weight excluding hydrogens is 212 g/mol. The van der Waals surface area contributed by atoms with Gasteiger partial charge in [-0.05, 0) is 38.1 Å². The van der Waals surface area contributed by atoms with Crippen LogP contribution in [-0.2, 0) is 0 Å². The maximum atomic E-state index is 5.73. The van der Waals surface area contributed by atoms with Gasteiger partial charge in [0.2, 0.25) is 0 Å². The predicted molar refractivity (Wildman–Crippen MR) is 69.7 cm³/mol. The van der Waals surface area contributed by atoms with E-state index in [0.29, 0.717) is 5.69 Å². The fourth-order valence-electron chi connectivity index (χ4n) is 1.58. The van der Waals surface area contributed by atoms with E-state index in [0.717, 1.165) is 17.2 Å².